The fourth-order valence-corrected chi connectivity index (χ4v) is 3.03. The van der Waals surface area contributed by atoms with Gasteiger partial charge in [0.25, 0.3) is 0 Å². The average Bonchev–Trinajstić information content (AvgIpc) is 2.85. The number of aryl methyl sites for hydroxylation is 1. The summed E-state index contributed by atoms with van der Waals surface area (Å²) < 4.78 is 0. The maximum atomic E-state index is 9.22. The van der Waals surface area contributed by atoms with E-state index in [1.807, 2.05) is 6.07 Å². The number of hydrogen-bond acceptors (Lipinski definition) is 3. The fraction of sp³-hybridized carbons (Fsp3) is 0.625. The van der Waals surface area contributed by atoms with Crippen LogP contribution in [0.1, 0.15) is 30.9 Å². The van der Waals surface area contributed by atoms with Crippen molar-refractivity contribution in [2.75, 3.05) is 31.6 Å². The van der Waals surface area contributed by atoms with E-state index in [0.29, 0.717) is 6.04 Å². The maximum absolute atomic E-state index is 9.22. The van der Waals surface area contributed by atoms with Crippen molar-refractivity contribution >= 4 is 5.69 Å². The topological polar surface area (TPSA) is 26.7 Å². The molecule has 0 spiro atoms. The number of aliphatic hydroxyl groups is 1. The van der Waals surface area contributed by atoms with Gasteiger partial charge in [0.2, 0.25) is 0 Å². The van der Waals surface area contributed by atoms with Crippen LogP contribution in [0, 0.1) is 6.92 Å². The Labute approximate surface area is 116 Å². The molecule has 3 heteroatoms. The van der Waals surface area contributed by atoms with Crippen molar-refractivity contribution in [1.82, 2.24) is 4.90 Å². The molecule has 1 aromatic rings. The van der Waals surface area contributed by atoms with Crippen LogP contribution in [0.5, 0.6) is 0 Å². The summed E-state index contributed by atoms with van der Waals surface area (Å²) in [5, 5.41) is 9.22. The summed E-state index contributed by atoms with van der Waals surface area (Å²) in [5.74, 6) is 0. The molecule has 0 aliphatic carbocycles. The highest BCUT2D eigenvalue weighted by Crippen LogP contribution is 2.22. The van der Waals surface area contributed by atoms with Gasteiger partial charge in [-0.3, -0.25) is 4.90 Å². The number of hydrogen-bond donors (Lipinski definition) is 1. The van der Waals surface area contributed by atoms with Crippen molar-refractivity contribution in [2.24, 2.45) is 0 Å². The second kappa shape index (κ2) is 6.40. The molecule has 0 bridgehead atoms. The molecule has 1 saturated heterocycles. The number of anilines is 1. The van der Waals surface area contributed by atoms with Crippen LogP contribution in [0.25, 0.3) is 0 Å². The lowest BCUT2D eigenvalue weighted by Gasteiger charge is -2.29. The summed E-state index contributed by atoms with van der Waals surface area (Å²) in [6.07, 6.45) is 2.64. The van der Waals surface area contributed by atoms with E-state index in [1.54, 1.807) is 0 Å². The molecule has 1 aromatic carbocycles. The Kier molecular flexibility index (Phi) is 4.83. The number of rotatable bonds is 5. The Bertz CT molecular complexity index is 419. The van der Waals surface area contributed by atoms with E-state index in [9.17, 15) is 5.11 Å². The van der Waals surface area contributed by atoms with Crippen molar-refractivity contribution in [3.8, 4) is 0 Å². The van der Waals surface area contributed by atoms with Crippen molar-refractivity contribution < 1.29 is 5.11 Å². The van der Waals surface area contributed by atoms with Crippen molar-refractivity contribution in [2.45, 2.75) is 39.3 Å². The zero-order chi connectivity index (χ0) is 13.8. The van der Waals surface area contributed by atoms with Gasteiger partial charge < -0.3 is 10.0 Å². The van der Waals surface area contributed by atoms with Crippen LogP contribution in [0.15, 0.2) is 18.2 Å². The third kappa shape index (κ3) is 3.28. The quantitative estimate of drug-likeness (QED) is 0.883. The third-order valence-corrected chi connectivity index (χ3v) is 4.33. The minimum absolute atomic E-state index is 0.127. The van der Waals surface area contributed by atoms with Gasteiger partial charge in [-0.2, -0.15) is 0 Å². The lowest BCUT2D eigenvalue weighted by molar-refractivity contribution is 0.270. The molecule has 2 rings (SSSR count). The molecule has 0 radical (unpaired) electrons. The van der Waals surface area contributed by atoms with Crippen LogP contribution >= 0.6 is 0 Å². The second-order valence-electron chi connectivity index (χ2n) is 5.57. The normalized spacial score (nSPS) is 19.9. The van der Waals surface area contributed by atoms with E-state index in [0.717, 1.165) is 18.7 Å². The Balaban J connectivity index is 2.03. The summed E-state index contributed by atoms with van der Waals surface area (Å²) in [4.78, 5) is 4.91. The van der Waals surface area contributed by atoms with Gasteiger partial charge in [0.05, 0.1) is 6.61 Å². The van der Waals surface area contributed by atoms with Crippen molar-refractivity contribution in [3.05, 3.63) is 29.3 Å². The van der Waals surface area contributed by atoms with Crippen LogP contribution in [0.3, 0.4) is 0 Å². The van der Waals surface area contributed by atoms with Crippen LogP contribution in [0.2, 0.25) is 0 Å². The van der Waals surface area contributed by atoms with Gasteiger partial charge in [0, 0.05) is 25.3 Å². The molecular weight excluding hydrogens is 236 g/mol. The molecule has 0 aromatic heterocycles. The first-order valence-corrected chi connectivity index (χ1v) is 7.31. The highest BCUT2D eigenvalue weighted by Gasteiger charge is 2.24. The first-order chi connectivity index (χ1) is 9.15. The lowest BCUT2D eigenvalue weighted by Crippen LogP contribution is -2.38. The van der Waals surface area contributed by atoms with E-state index < -0.39 is 0 Å². The third-order valence-electron chi connectivity index (χ3n) is 4.33. The van der Waals surface area contributed by atoms with Crippen LogP contribution < -0.4 is 4.90 Å². The van der Waals surface area contributed by atoms with Gasteiger partial charge in [-0.15, -0.1) is 0 Å². The molecular formula is C16H26N2O. The lowest BCUT2D eigenvalue weighted by atomic mass is 10.1. The second-order valence-corrected chi connectivity index (χ2v) is 5.57. The average molecular weight is 262 g/mol. The highest BCUT2D eigenvalue weighted by molar-refractivity contribution is 5.50. The summed E-state index contributed by atoms with van der Waals surface area (Å²) in [6, 6.07) is 7.02. The molecule has 0 saturated carbocycles. The molecule has 0 amide bonds. The van der Waals surface area contributed by atoms with E-state index >= 15 is 0 Å². The van der Waals surface area contributed by atoms with Crippen LogP contribution in [-0.4, -0.2) is 42.7 Å². The van der Waals surface area contributed by atoms with E-state index in [1.165, 1.54) is 30.6 Å². The molecule has 106 valence electrons. The summed E-state index contributed by atoms with van der Waals surface area (Å²) in [5.41, 5.74) is 3.44. The van der Waals surface area contributed by atoms with E-state index in [4.69, 9.17) is 0 Å². The Hall–Kier alpha value is -1.06. The molecule has 1 aliphatic rings. The monoisotopic (exact) mass is 262 g/mol. The predicted molar refractivity (Wildman–Crippen MR) is 80.6 cm³/mol. The van der Waals surface area contributed by atoms with Gasteiger partial charge in [0.1, 0.15) is 0 Å². The Morgan fingerprint density at radius 3 is 2.84 bits per heavy atom. The van der Waals surface area contributed by atoms with Crippen molar-refractivity contribution in [1.29, 1.82) is 0 Å². The molecule has 1 unspecified atom stereocenters. The standard InChI is InChI=1S/C16H26N2O/c1-4-18-9-5-6-16(18)11-17(3)15-8-7-14(12-19)13(2)10-15/h7-8,10,16,19H,4-6,9,11-12H2,1-3H3. The number of aliphatic hydroxyl groups excluding tert-OH is 1. The van der Waals surface area contributed by atoms with Crippen LogP contribution in [-0.2, 0) is 6.61 Å². The predicted octanol–water partition coefficient (Wildman–Crippen LogP) is 2.41. The summed E-state index contributed by atoms with van der Waals surface area (Å²) in [7, 11) is 2.17. The molecule has 1 aliphatic heterocycles. The smallest absolute Gasteiger partial charge is 0.0684 e. The molecule has 1 fully saturated rings. The Morgan fingerprint density at radius 1 is 1.42 bits per heavy atom. The molecule has 1 atom stereocenters. The van der Waals surface area contributed by atoms with Gasteiger partial charge in [0.15, 0.2) is 0 Å². The Morgan fingerprint density at radius 2 is 2.21 bits per heavy atom. The molecule has 19 heavy (non-hydrogen) atoms. The van der Waals surface area contributed by atoms with Gasteiger partial charge in [-0.05, 0) is 56.1 Å². The largest absolute Gasteiger partial charge is 0.392 e. The summed E-state index contributed by atoms with van der Waals surface area (Å²) in [6.45, 7) is 7.93. The first kappa shape index (κ1) is 14.4. The maximum Gasteiger partial charge on any atom is 0.0684 e. The fourth-order valence-electron chi connectivity index (χ4n) is 3.03. The highest BCUT2D eigenvalue weighted by atomic mass is 16.3. The zero-order valence-electron chi connectivity index (χ0n) is 12.4. The SMILES string of the molecule is CCN1CCCC1CN(C)c1ccc(CO)c(C)c1. The van der Waals surface area contributed by atoms with Gasteiger partial charge in [-0.1, -0.05) is 13.0 Å². The van der Waals surface area contributed by atoms with Crippen LogP contribution in [0.4, 0.5) is 5.69 Å². The van der Waals surface area contributed by atoms with Gasteiger partial charge in [-0.25, -0.2) is 0 Å². The van der Waals surface area contributed by atoms with E-state index in [2.05, 4.69) is 42.8 Å². The van der Waals surface area contributed by atoms with E-state index in [-0.39, 0.29) is 6.61 Å². The number of likely N-dealkylation sites (N-methyl/N-ethyl adjacent to an activating group) is 2. The minimum atomic E-state index is 0.127. The minimum Gasteiger partial charge on any atom is -0.392 e. The molecule has 1 N–H and O–H groups in total. The zero-order valence-corrected chi connectivity index (χ0v) is 12.4. The van der Waals surface area contributed by atoms with Crippen molar-refractivity contribution in [3.63, 3.8) is 0 Å². The first-order valence-electron chi connectivity index (χ1n) is 7.31. The number of nitrogens with zero attached hydrogens (tertiary/aromatic N) is 2. The van der Waals surface area contributed by atoms with Gasteiger partial charge >= 0.3 is 0 Å². The summed E-state index contributed by atoms with van der Waals surface area (Å²) >= 11 is 0. The number of likely N-dealkylation sites (tertiary alicyclic amines) is 1. The molecule has 3 nitrogen and oxygen atoms in total. The molecule has 1 heterocycles. The number of benzene rings is 1.